The number of rotatable bonds is 6. The molecule has 2 aromatic heterocycles. The second kappa shape index (κ2) is 7.27. The number of pyridine rings is 1. The lowest BCUT2D eigenvalue weighted by atomic mass is 10.0. The smallest absolute Gasteiger partial charge is 0.178 e. The largest absolute Gasteiger partial charge is 0.319 e. The zero-order valence-electron chi connectivity index (χ0n) is 13.4. The van der Waals surface area contributed by atoms with Crippen molar-refractivity contribution < 1.29 is 0 Å². The third-order valence-electron chi connectivity index (χ3n) is 3.62. The van der Waals surface area contributed by atoms with Crippen molar-refractivity contribution in [1.82, 2.24) is 20.3 Å². The van der Waals surface area contributed by atoms with Crippen LogP contribution in [0, 0.1) is 6.92 Å². The second-order valence-corrected chi connectivity index (χ2v) is 5.20. The van der Waals surface area contributed by atoms with Crippen molar-refractivity contribution in [3.63, 3.8) is 0 Å². The zero-order chi connectivity index (χ0) is 15.2. The Morgan fingerprint density at radius 2 is 1.76 bits per heavy atom. The van der Waals surface area contributed by atoms with E-state index in [-0.39, 0.29) is 0 Å². The van der Waals surface area contributed by atoms with Crippen LogP contribution in [-0.2, 0) is 19.3 Å². The number of aromatic nitrogens is 3. The highest BCUT2D eigenvalue weighted by molar-refractivity contribution is 5.51. The van der Waals surface area contributed by atoms with Crippen LogP contribution in [0.5, 0.6) is 0 Å². The van der Waals surface area contributed by atoms with E-state index >= 15 is 0 Å². The summed E-state index contributed by atoms with van der Waals surface area (Å²) in [4.78, 5) is 13.9. The predicted molar refractivity (Wildman–Crippen MR) is 86.4 cm³/mol. The van der Waals surface area contributed by atoms with Crippen LogP contribution in [0.4, 0.5) is 0 Å². The standard InChI is InChI=1S/C17H24N4/c1-5-14-13(8-9-18-4)15(6-2)21-17(20-14)16-11-12(3)7-10-19-16/h7,10-11,18H,5-6,8-9H2,1-4H3. The van der Waals surface area contributed by atoms with E-state index in [4.69, 9.17) is 9.97 Å². The average molecular weight is 284 g/mol. The summed E-state index contributed by atoms with van der Waals surface area (Å²) in [5, 5.41) is 3.20. The third kappa shape index (κ3) is 3.64. The molecule has 112 valence electrons. The van der Waals surface area contributed by atoms with Crippen molar-refractivity contribution in [3.05, 3.63) is 40.8 Å². The van der Waals surface area contributed by atoms with E-state index < -0.39 is 0 Å². The summed E-state index contributed by atoms with van der Waals surface area (Å²) in [6.45, 7) is 7.32. The van der Waals surface area contributed by atoms with Crippen molar-refractivity contribution in [2.75, 3.05) is 13.6 Å². The third-order valence-corrected chi connectivity index (χ3v) is 3.62. The van der Waals surface area contributed by atoms with Crippen molar-refractivity contribution in [3.8, 4) is 11.5 Å². The van der Waals surface area contributed by atoms with Gasteiger partial charge in [0.15, 0.2) is 5.82 Å². The lowest BCUT2D eigenvalue weighted by molar-refractivity contribution is 0.760. The van der Waals surface area contributed by atoms with Gasteiger partial charge in [-0.1, -0.05) is 13.8 Å². The van der Waals surface area contributed by atoms with Gasteiger partial charge in [0.05, 0.1) is 0 Å². The van der Waals surface area contributed by atoms with Crippen LogP contribution in [0.3, 0.4) is 0 Å². The summed E-state index contributed by atoms with van der Waals surface area (Å²) in [6.07, 6.45) is 4.64. The first-order chi connectivity index (χ1) is 10.2. The maximum Gasteiger partial charge on any atom is 0.178 e. The molecule has 0 saturated carbocycles. The maximum atomic E-state index is 4.76. The van der Waals surface area contributed by atoms with E-state index in [1.165, 1.54) is 11.1 Å². The fourth-order valence-electron chi connectivity index (χ4n) is 2.48. The lowest BCUT2D eigenvalue weighted by Gasteiger charge is -2.13. The molecular weight excluding hydrogens is 260 g/mol. The Morgan fingerprint density at radius 3 is 2.29 bits per heavy atom. The van der Waals surface area contributed by atoms with E-state index in [2.05, 4.69) is 31.1 Å². The molecule has 0 amide bonds. The molecule has 0 radical (unpaired) electrons. The molecular formula is C17H24N4. The molecule has 0 aliphatic rings. The quantitative estimate of drug-likeness (QED) is 0.886. The first-order valence-corrected chi connectivity index (χ1v) is 7.65. The molecule has 0 aromatic carbocycles. The van der Waals surface area contributed by atoms with Gasteiger partial charge in [-0.25, -0.2) is 9.97 Å². The molecule has 2 rings (SSSR count). The van der Waals surface area contributed by atoms with Crippen LogP contribution < -0.4 is 5.32 Å². The highest BCUT2D eigenvalue weighted by Crippen LogP contribution is 2.20. The van der Waals surface area contributed by atoms with Crippen LogP contribution in [0.2, 0.25) is 0 Å². The molecule has 4 heteroatoms. The van der Waals surface area contributed by atoms with E-state index in [1.54, 1.807) is 0 Å². The fourth-order valence-corrected chi connectivity index (χ4v) is 2.48. The Labute approximate surface area is 127 Å². The molecule has 0 spiro atoms. The molecule has 0 atom stereocenters. The van der Waals surface area contributed by atoms with Gasteiger partial charge in [-0.15, -0.1) is 0 Å². The summed E-state index contributed by atoms with van der Waals surface area (Å²) in [7, 11) is 1.98. The van der Waals surface area contributed by atoms with Crippen molar-refractivity contribution in [2.45, 2.75) is 40.0 Å². The van der Waals surface area contributed by atoms with Gasteiger partial charge in [0.1, 0.15) is 5.69 Å². The Bertz CT molecular complexity index is 582. The van der Waals surface area contributed by atoms with Crippen LogP contribution >= 0.6 is 0 Å². The highest BCUT2D eigenvalue weighted by Gasteiger charge is 2.13. The summed E-state index contributed by atoms with van der Waals surface area (Å²) in [5.41, 5.74) is 5.63. The van der Waals surface area contributed by atoms with Gasteiger partial charge in [0, 0.05) is 17.6 Å². The predicted octanol–water partition coefficient (Wildman–Crippen LogP) is 2.73. The Kier molecular flexibility index (Phi) is 5.39. The number of aryl methyl sites for hydroxylation is 3. The zero-order valence-corrected chi connectivity index (χ0v) is 13.4. The van der Waals surface area contributed by atoms with Gasteiger partial charge in [0.2, 0.25) is 0 Å². The number of likely N-dealkylation sites (N-methyl/N-ethyl adjacent to an activating group) is 1. The number of nitrogens with zero attached hydrogens (tertiary/aromatic N) is 3. The average Bonchev–Trinajstić information content (AvgIpc) is 2.52. The van der Waals surface area contributed by atoms with E-state index in [1.807, 2.05) is 25.4 Å². The van der Waals surface area contributed by atoms with Gasteiger partial charge in [-0.05, 0) is 63.0 Å². The minimum absolute atomic E-state index is 0.751. The van der Waals surface area contributed by atoms with Crippen molar-refractivity contribution in [2.24, 2.45) is 0 Å². The SMILES string of the molecule is CCc1nc(-c2cc(C)ccn2)nc(CC)c1CCNC. The lowest BCUT2D eigenvalue weighted by Crippen LogP contribution is -2.15. The van der Waals surface area contributed by atoms with Crippen molar-refractivity contribution in [1.29, 1.82) is 0 Å². The first-order valence-electron chi connectivity index (χ1n) is 7.65. The molecule has 21 heavy (non-hydrogen) atoms. The second-order valence-electron chi connectivity index (χ2n) is 5.20. The topological polar surface area (TPSA) is 50.7 Å². The van der Waals surface area contributed by atoms with Crippen LogP contribution in [0.25, 0.3) is 11.5 Å². The number of hydrogen-bond acceptors (Lipinski definition) is 4. The summed E-state index contributed by atoms with van der Waals surface area (Å²) >= 11 is 0. The van der Waals surface area contributed by atoms with Crippen LogP contribution in [-0.4, -0.2) is 28.5 Å². The normalized spacial score (nSPS) is 10.9. The Morgan fingerprint density at radius 1 is 1.10 bits per heavy atom. The number of nitrogens with one attached hydrogen (secondary N) is 1. The minimum Gasteiger partial charge on any atom is -0.319 e. The van der Waals surface area contributed by atoms with E-state index in [0.29, 0.717) is 0 Å². The molecule has 0 aliphatic heterocycles. The molecule has 0 saturated heterocycles. The van der Waals surface area contributed by atoms with Gasteiger partial charge in [-0.3, -0.25) is 4.98 Å². The Balaban J connectivity index is 2.49. The molecule has 0 unspecified atom stereocenters. The van der Waals surface area contributed by atoms with Crippen LogP contribution in [0.1, 0.15) is 36.4 Å². The molecule has 4 nitrogen and oxygen atoms in total. The van der Waals surface area contributed by atoms with E-state index in [0.717, 1.165) is 48.7 Å². The molecule has 0 aliphatic carbocycles. The first kappa shape index (κ1) is 15.6. The van der Waals surface area contributed by atoms with Crippen LogP contribution in [0.15, 0.2) is 18.3 Å². The van der Waals surface area contributed by atoms with Gasteiger partial charge >= 0.3 is 0 Å². The summed E-state index contributed by atoms with van der Waals surface area (Å²) < 4.78 is 0. The summed E-state index contributed by atoms with van der Waals surface area (Å²) in [5.74, 6) is 0.751. The monoisotopic (exact) mass is 284 g/mol. The molecule has 2 heterocycles. The fraction of sp³-hybridized carbons (Fsp3) is 0.471. The van der Waals surface area contributed by atoms with Gasteiger partial charge in [0.25, 0.3) is 0 Å². The molecule has 2 aromatic rings. The van der Waals surface area contributed by atoms with Crippen molar-refractivity contribution >= 4 is 0 Å². The highest BCUT2D eigenvalue weighted by atomic mass is 14.9. The minimum atomic E-state index is 0.751. The Hall–Kier alpha value is -1.81. The van der Waals surface area contributed by atoms with Gasteiger partial charge < -0.3 is 5.32 Å². The van der Waals surface area contributed by atoms with Gasteiger partial charge in [-0.2, -0.15) is 0 Å². The molecule has 1 N–H and O–H groups in total. The van der Waals surface area contributed by atoms with E-state index in [9.17, 15) is 0 Å². The number of hydrogen-bond donors (Lipinski definition) is 1. The molecule has 0 fully saturated rings. The maximum absolute atomic E-state index is 4.76. The summed E-state index contributed by atoms with van der Waals surface area (Å²) in [6, 6.07) is 4.04. The molecule has 0 bridgehead atoms.